The zero-order valence-corrected chi connectivity index (χ0v) is 14.1. The number of carbonyl (C=O) groups is 1. The highest BCUT2D eigenvalue weighted by molar-refractivity contribution is 7.20. The van der Waals surface area contributed by atoms with Gasteiger partial charge >= 0.3 is 5.97 Å². The van der Waals surface area contributed by atoms with Crippen molar-refractivity contribution in [1.82, 2.24) is 9.97 Å². The van der Waals surface area contributed by atoms with E-state index in [2.05, 4.69) is 21.8 Å². The number of piperidine rings is 1. The molecule has 0 spiro atoms. The van der Waals surface area contributed by atoms with Crippen molar-refractivity contribution >= 4 is 33.3 Å². The van der Waals surface area contributed by atoms with Crippen molar-refractivity contribution in [2.45, 2.75) is 46.1 Å². The summed E-state index contributed by atoms with van der Waals surface area (Å²) < 4.78 is 5.15. The summed E-state index contributed by atoms with van der Waals surface area (Å²) >= 11 is 1.40. The number of esters is 1. The average Bonchev–Trinajstić information content (AvgIpc) is 2.86. The molecule has 1 aliphatic heterocycles. The first-order valence-corrected chi connectivity index (χ1v) is 8.63. The number of hydrogen-bond donors (Lipinski definition) is 0. The van der Waals surface area contributed by atoms with Gasteiger partial charge in [0.05, 0.1) is 12.0 Å². The molecule has 0 aliphatic carbocycles. The van der Waals surface area contributed by atoms with E-state index in [1.807, 2.05) is 13.8 Å². The number of thiophene rings is 1. The molecule has 0 amide bonds. The molecular formula is C16H21N3O2S. The monoisotopic (exact) mass is 319 g/mol. The SMILES string of the molecule is CCOC(=O)c1sc2ncnc(N3CCCC[C@H]3C)c2c1C. The van der Waals surface area contributed by atoms with Crippen LogP contribution in [0.3, 0.4) is 0 Å². The molecule has 118 valence electrons. The lowest BCUT2D eigenvalue weighted by molar-refractivity contribution is 0.0531. The number of aryl methyl sites for hydroxylation is 1. The van der Waals surface area contributed by atoms with Crippen molar-refractivity contribution in [3.05, 3.63) is 16.8 Å². The van der Waals surface area contributed by atoms with Crippen molar-refractivity contribution in [1.29, 1.82) is 0 Å². The fourth-order valence-corrected chi connectivity index (χ4v) is 4.11. The maximum Gasteiger partial charge on any atom is 0.348 e. The summed E-state index contributed by atoms with van der Waals surface area (Å²) in [4.78, 5) is 24.9. The minimum Gasteiger partial charge on any atom is -0.462 e. The molecule has 22 heavy (non-hydrogen) atoms. The molecule has 2 aromatic heterocycles. The van der Waals surface area contributed by atoms with E-state index in [9.17, 15) is 4.79 Å². The van der Waals surface area contributed by atoms with E-state index < -0.39 is 0 Å². The fourth-order valence-electron chi connectivity index (χ4n) is 3.07. The maximum atomic E-state index is 12.1. The Morgan fingerprint density at radius 3 is 3.00 bits per heavy atom. The molecule has 3 rings (SSSR count). The minimum atomic E-state index is -0.263. The number of ether oxygens (including phenoxy) is 1. The number of rotatable bonds is 3. The highest BCUT2D eigenvalue weighted by Crippen LogP contribution is 2.37. The summed E-state index contributed by atoms with van der Waals surface area (Å²) in [5, 5.41) is 1.00. The molecule has 0 saturated carbocycles. The van der Waals surface area contributed by atoms with Crippen LogP contribution in [0.15, 0.2) is 6.33 Å². The summed E-state index contributed by atoms with van der Waals surface area (Å²) in [5.74, 6) is 0.696. The minimum absolute atomic E-state index is 0.263. The highest BCUT2D eigenvalue weighted by Gasteiger charge is 2.26. The third kappa shape index (κ3) is 2.56. The summed E-state index contributed by atoms with van der Waals surface area (Å²) in [6.07, 6.45) is 5.23. The lowest BCUT2D eigenvalue weighted by Crippen LogP contribution is -2.38. The van der Waals surface area contributed by atoms with E-state index in [4.69, 9.17) is 4.74 Å². The van der Waals surface area contributed by atoms with Crippen LogP contribution in [0.2, 0.25) is 0 Å². The van der Waals surface area contributed by atoms with E-state index in [1.165, 1.54) is 30.6 Å². The van der Waals surface area contributed by atoms with E-state index in [0.717, 1.165) is 28.1 Å². The highest BCUT2D eigenvalue weighted by atomic mass is 32.1. The molecular weight excluding hydrogens is 298 g/mol. The second-order valence-electron chi connectivity index (χ2n) is 5.69. The van der Waals surface area contributed by atoms with Gasteiger partial charge in [0.1, 0.15) is 21.9 Å². The van der Waals surface area contributed by atoms with Gasteiger partial charge in [0, 0.05) is 12.6 Å². The van der Waals surface area contributed by atoms with Crippen LogP contribution in [0.25, 0.3) is 10.2 Å². The lowest BCUT2D eigenvalue weighted by Gasteiger charge is -2.34. The first kappa shape index (κ1) is 15.2. The average molecular weight is 319 g/mol. The summed E-state index contributed by atoms with van der Waals surface area (Å²) in [7, 11) is 0. The second kappa shape index (κ2) is 6.20. The van der Waals surface area contributed by atoms with Crippen LogP contribution in [0.4, 0.5) is 5.82 Å². The number of nitrogens with zero attached hydrogens (tertiary/aromatic N) is 3. The number of hydrogen-bond acceptors (Lipinski definition) is 6. The lowest BCUT2D eigenvalue weighted by atomic mass is 10.0. The molecule has 0 radical (unpaired) electrons. The topological polar surface area (TPSA) is 55.3 Å². The summed E-state index contributed by atoms with van der Waals surface area (Å²) in [6.45, 7) is 7.42. The third-order valence-corrected chi connectivity index (χ3v) is 5.42. The van der Waals surface area contributed by atoms with E-state index in [0.29, 0.717) is 17.5 Å². The van der Waals surface area contributed by atoms with Crippen molar-refractivity contribution in [2.24, 2.45) is 0 Å². The quantitative estimate of drug-likeness (QED) is 0.810. The molecule has 1 atom stereocenters. The van der Waals surface area contributed by atoms with Crippen LogP contribution in [0.1, 0.15) is 48.3 Å². The predicted molar refractivity (Wildman–Crippen MR) is 88.8 cm³/mol. The molecule has 1 saturated heterocycles. The van der Waals surface area contributed by atoms with Gasteiger partial charge in [0.25, 0.3) is 0 Å². The summed E-state index contributed by atoms with van der Waals surface area (Å²) in [5.41, 5.74) is 0.937. The zero-order valence-electron chi connectivity index (χ0n) is 13.3. The van der Waals surface area contributed by atoms with Gasteiger partial charge in [-0.1, -0.05) is 0 Å². The Morgan fingerprint density at radius 1 is 1.45 bits per heavy atom. The first-order chi connectivity index (χ1) is 10.6. The zero-order chi connectivity index (χ0) is 15.7. The van der Waals surface area contributed by atoms with Crippen LogP contribution in [-0.4, -0.2) is 35.1 Å². The Bertz CT molecular complexity index is 698. The molecule has 0 aromatic carbocycles. The van der Waals surface area contributed by atoms with E-state index in [-0.39, 0.29) is 5.97 Å². The molecule has 0 N–H and O–H groups in total. The first-order valence-electron chi connectivity index (χ1n) is 7.81. The smallest absolute Gasteiger partial charge is 0.348 e. The second-order valence-corrected chi connectivity index (χ2v) is 6.69. The van der Waals surface area contributed by atoms with Crippen molar-refractivity contribution < 1.29 is 9.53 Å². The normalized spacial score (nSPS) is 18.7. The Labute approximate surface area is 134 Å². The van der Waals surface area contributed by atoms with Crippen LogP contribution in [0.5, 0.6) is 0 Å². The fraction of sp³-hybridized carbons (Fsp3) is 0.562. The van der Waals surface area contributed by atoms with Crippen LogP contribution in [-0.2, 0) is 4.74 Å². The van der Waals surface area contributed by atoms with Gasteiger partial charge in [0.2, 0.25) is 0 Å². The Hall–Kier alpha value is -1.69. The predicted octanol–water partition coefficient (Wildman–Crippen LogP) is 3.56. The van der Waals surface area contributed by atoms with Gasteiger partial charge in [-0.05, 0) is 45.6 Å². The molecule has 1 fully saturated rings. The van der Waals surface area contributed by atoms with Crippen LogP contribution in [0, 0.1) is 6.92 Å². The van der Waals surface area contributed by atoms with Gasteiger partial charge in [-0.3, -0.25) is 0 Å². The van der Waals surface area contributed by atoms with Gasteiger partial charge in [0.15, 0.2) is 0 Å². The molecule has 6 heteroatoms. The molecule has 5 nitrogen and oxygen atoms in total. The molecule has 0 bridgehead atoms. The Balaban J connectivity index is 2.10. The van der Waals surface area contributed by atoms with E-state index in [1.54, 1.807) is 6.33 Å². The Morgan fingerprint density at radius 2 is 2.27 bits per heavy atom. The van der Waals surface area contributed by atoms with E-state index >= 15 is 0 Å². The van der Waals surface area contributed by atoms with Gasteiger partial charge in [-0.25, -0.2) is 14.8 Å². The molecule has 3 heterocycles. The van der Waals surface area contributed by atoms with Crippen molar-refractivity contribution in [3.63, 3.8) is 0 Å². The van der Waals surface area contributed by atoms with Crippen LogP contribution < -0.4 is 4.90 Å². The van der Waals surface area contributed by atoms with Gasteiger partial charge in [-0.2, -0.15) is 0 Å². The molecule has 0 unspecified atom stereocenters. The number of anilines is 1. The maximum absolute atomic E-state index is 12.1. The number of carbonyl (C=O) groups excluding carboxylic acids is 1. The van der Waals surface area contributed by atoms with Gasteiger partial charge in [-0.15, -0.1) is 11.3 Å². The standard InChI is InChI=1S/C16H21N3O2S/c1-4-21-16(20)13-11(3)12-14(17-9-18-15(12)22-13)19-8-6-5-7-10(19)2/h9-10H,4-8H2,1-3H3/t10-/m1/s1. The largest absolute Gasteiger partial charge is 0.462 e. The molecule has 2 aromatic rings. The number of aromatic nitrogens is 2. The summed E-state index contributed by atoms with van der Waals surface area (Å²) in [6, 6.07) is 0.470. The molecule has 1 aliphatic rings. The number of fused-ring (bicyclic) bond motifs is 1. The Kier molecular flexibility index (Phi) is 4.29. The van der Waals surface area contributed by atoms with Crippen molar-refractivity contribution in [3.8, 4) is 0 Å². The van der Waals surface area contributed by atoms with Crippen LogP contribution >= 0.6 is 11.3 Å². The van der Waals surface area contributed by atoms with Gasteiger partial charge < -0.3 is 9.64 Å². The third-order valence-electron chi connectivity index (χ3n) is 4.24. The van der Waals surface area contributed by atoms with Crippen molar-refractivity contribution in [2.75, 3.05) is 18.1 Å².